The van der Waals surface area contributed by atoms with Crippen LogP contribution in [-0.2, 0) is 9.59 Å². The van der Waals surface area contributed by atoms with E-state index in [0.29, 0.717) is 25.8 Å². The minimum Gasteiger partial charge on any atom is -0.480 e. The quantitative estimate of drug-likeness (QED) is 0.905. The van der Waals surface area contributed by atoms with E-state index in [1.165, 1.54) is 4.90 Å². The molecular weight excluding hydrogens is 266 g/mol. The Balaban J connectivity index is 1.83. The van der Waals surface area contributed by atoms with Crippen LogP contribution in [0.2, 0.25) is 0 Å². The van der Waals surface area contributed by atoms with Gasteiger partial charge in [-0.25, -0.2) is 4.79 Å². The topological polar surface area (TPSA) is 57.6 Å². The van der Waals surface area contributed by atoms with Crippen LogP contribution in [0.3, 0.4) is 0 Å². The van der Waals surface area contributed by atoms with E-state index in [0.717, 1.165) is 18.4 Å². The van der Waals surface area contributed by atoms with Gasteiger partial charge < -0.3 is 10.0 Å². The Morgan fingerprint density at radius 1 is 1.24 bits per heavy atom. The number of nitrogens with zero attached hydrogens (tertiary/aromatic N) is 1. The van der Waals surface area contributed by atoms with Crippen LogP contribution in [0.15, 0.2) is 36.4 Å². The van der Waals surface area contributed by atoms with Crippen LogP contribution >= 0.6 is 0 Å². The van der Waals surface area contributed by atoms with Gasteiger partial charge in [0.1, 0.15) is 6.04 Å². The van der Waals surface area contributed by atoms with Gasteiger partial charge in [-0.3, -0.25) is 4.79 Å². The second kappa shape index (κ2) is 7.62. The molecule has 1 aliphatic rings. The summed E-state index contributed by atoms with van der Waals surface area (Å²) in [6, 6.07) is 9.27. The summed E-state index contributed by atoms with van der Waals surface area (Å²) in [5, 5.41) is 9.17. The molecule has 1 N–H and O–H groups in total. The number of allylic oxidation sites excluding steroid dienone is 1. The molecule has 1 aromatic rings. The molecule has 0 unspecified atom stereocenters. The van der Waals surface area contributed by atoms with Crippen molar-refractivity contribution < 1.29 is 14.7 Å². The molecule has 1 saturated heterocycles. The van der Waals surface area contributed by atoms with Crippen LogP contribution in [0.5, 0.6) is 0 Å². The highest BCUT2D eigenvalue weighted by molar-refractivity contribution is 5.84. The van der Waals surface area contributed by atoms with Crippen LogP contribution in [0.4, 0.5) is 0 Å². The number of hydrogen-bond acceptors (Lipinski definition) is 2. The van der Waals surface area contributed by atoms with Gasteiger partial charge in [0, 0.05) is 13.0 Å². The fourth-order valence-electron chi connectivity index (χ4n) is 2.62. The van der Waals surface area contributed by atoms with Gasteiger partial charge in [0.2, 0.25) is 5.91 Å². The molecule has 0 spiro atoms. The van der Waals surface area contributed by atoms with Crippen molar-refractivity contribution in [2.75, 3.05) is 6.54 Å². The molecular formula is C17H21NO3. The standard InChI is InChI=1S/C17H21NO3/c19-16(18-13-7-6-11-15(18)17(20)21)12-5-4-10-14-8-2-1-3-9-14/h1-4,8-10,15H,5-7,11-13H2,(H,20,21)/b10-4+/t15-/m0/s1. The van der Waals surface area contributed by atoms with Crippen molar-refractivity contribution in [1.29, 1.82) is 0 Å². The summed E-state index contributed by atoms with van der Waals surface area (Å²) in [4.78, 5) is 24.9. The van der Waals surface area contributed by atoms with Gasteiger partial charge in [0.25, 0.3) is 0 Å². The van der Waals surface area contributed by atoms with E-state index in [2.05, 4.69) is 0 Å². The van der Waals surface area contributed by atoms with Crippen LogP contribution < -0.4 is 0 Å². The Labute approximate surface area is 125 Å². The molecule has 112 valence electrons. The molecule has 1 amide bonds. The van der Waals surface area contributed by atoms with Gasteiger partial charge in [0.05, 0.1) is 0 Å². The average molecular weight is 287 g/mol. The molecule has 0 aliphatic carbocycles. The van der Waals surface area contributed by atoms with Crippen molar-refractivity contribution in [3.63, 3.8) is 0 Å². The summed E-state index contributed by atoms with van der Waals surface area (Å²) in [6.45, 7) is 0.568. The maximum atomic E-state index is 12.2. The summed E-state index contributed by atoms with van der Waals surface area (Å²) >= 11 is 0. The van der Waals surface area contributed by atoms with Crippen molar-refractivity contribution in [3.8, 4) is 0 Å². The molecule has 1 aromatic carbocycles. The lowest BCUT2D eigenvalue weighted by Crippen LogP contribution is -2.47. The number of hydrogen-bond donors (Lipinski definition) is 1. The molecule has 1 heterocycles. The van der Waals surface area contributed by atoms with Crippen molar-refractivity contribution >= 4 is 18.0 Å². The molecule has 1 atom stereocenters. The predicted molar refractivity (Wildman–Crippen MR) is 81.7 cm³/mol. The minimum atomic E-state index is -0.886. The maximum Gasteiger partial charge on any atom is 0.326 e. The Morgan fingerprint density at radius 3 is 2.71 bits per heavy atom. The van der Waals surface area contributed by atoms with E-state index < -0.39 is 12.0 Å². The Kier molecular flexibility index (Phi) is 5.55. The van der Waals surface area contributed by atoms with Gasteiger partial charge in [-0.05, 0) is 31.2 Å². The van der Waals surface area contributed by atoms with E-state index in [1.54, 1.807) is 0 Å². The van der Waals surface area contributed by atoms with Crippen molar-refractivity contribution in [2.45, 2.75) is 38.1 Å². The number of amides is 1. The van der Waals surface area contributed by atoms with Crippen LogP contribution in [0.25, 0.3) is 6.08 Å². The van der Waals surface area contributed by atoms with E-state index >= 15 is 0 Å². The van der Waals surface area contributed by atoms with Gasteiger partial charge in [-0.15, -0.1) is 0 Å². The van der Waals surface area contributed by atoms with Crippen molar-refractivity contribution in [1.82, 2.24) is 4.90 Å². The molecule has 0 radical (unpaired) electrons. The largest absolute Gasteiger partial charge is 0.480 e. The molecule has 21 heavy (non-hydrogen) atoms. The van der Waals surface area contributed by atoms with Gasteiger partial charge in [-0.2, -0.15) is 0 Å². The highest BCUT2D eigenvalue weighted by atomic mass is 16.4. The van der Waals surface area contributed by atoms with Crippen molar-refractivity contribution in [2.24, 2.45) is 0 Å². The summed E-state index contributed by atoms with van der Waals surface area (Å²) in [5.41, 5.74) is 1.10. The molecule has 0 bridgehead atoms. The number of carbonyl (C=O) groups excluding carboxylic acids is 1. The molecule has 4 nitrogen and oxygen atoms in total. The molecule has 1 aliphatic heterocycles. The van der Waals surface area contributed by atoms with E-state index in [9.17, 15) is 9.59 Å². The minimum absolute atomic E-state index is 0.0557. The summed E-state index contributed by atoms with van der Waals surface area (Å²) in [7, 11) is 0. The third kappa shape index (κ3) is 4.45. The fourth-order valence-corrected chi connectivity index (χ4v) is 2.62. The monoisotopic (exact) mass is 287 g/mol. The van der Waals surface area contributed by atoms with Crippen LogP contribution in [-0.4, -0.2) is 34.5 Å². The number of rotatable bonds is 5. The lowest BCUT2D eigenvalue weighted by atomic mass is 10.0. The third-order valence-electron chi connectivity index (χ3n) is 3.74. The van der Waals surface area contributed by atoms with E-state index in [-0.39, 0.29) is 5.91 Å². The normalized spacial score (nSPS) is 18.9. The summed E-state index contributed by atoms with van der Waals surface area (Å²) in [5.74, 6) is -0.942. The van der Waals surface area contributed by atoms with E-state index in [4.69, 9.17) is 5.11 Å². The lowest BCUT2D eigenvalue weighted by molar-refractivity contribution is -0.152. The molecule has 0 saturated carbocycles. The second-order valence-corrected chi connectivity index (χ2v) is 5.29. The second-order valence-electron chi connectivity index (χ2n) is 5.29. The fraction of sp³-hybridized carbons (Fsp3) is 0.412. The Hall–Kier alpha value is -2.10. The predicted octanol–water partition coefficient (Wildman–Crippen LogP) is 2.95. The first-order valence-corrected chi connectivity index (χ1v) is 7.42. The zero-order valence-electron chi connectivity index (χ0n) is 12.1. The molecule has 2 rings (SSSR count). The number of piperidine rings is 1. The number of aliphatic carboxylic acids is 1. The van der Waals surface area contributed by atoms with Gasteiger partial charge in [-0.1, -0.05) is 42.5 Å². The highest BCUT2D eigenvalue weighted by Gasteiger charge is 2.31. The summed E-state index contributed by atoms with van der Waals surface area (Å²) in [6.07, 6.45) is 7.31. The van der Waals surface area contributed by atoms with Crippen molar-refractivity contribution in [3.05, 3.63) is 42.0 Å². The smallest absolute Gasteiger partial charge is 0.326 e. The third-order valence-corrected chi connectivity index (χ3v) is 3.74. The average Bonchev–Trinajstić information content (AvgIpc) is 2.52. The molecule has 4 heteroatoms. The lowest BCUT2D eigenvalue weighted by Gasteiger charge is -2.32. The summed E-state index contributed by atoms with van der Waals surface area (Å²) < 4.78 is 0. The SMILES string of the molecule is O=C(O)[C@@H]1CCCCN1C(=O)CC/C=C/c1ccccc1. The maximum absolute atomic E-state index is 12.2. The highest BCUT2D eigenvalue weighted by Crippen LogP contribution is 2.18. The molecule has 1 fully saturated rings. The number of carboxylic acids is 1. The number of carboxylic acid groups (broad SMARTS) is 1. The first-order chi connectivity index (χ1) is 10.2. The Morgan fingerprint density at radius 2 is 2.00 bits per heavy atom. The van der Waals surface area contributed by atoms with Gasteiger partial charge >= 0.3 is 5.97 Å². The number of benzene rings is 1. The molecule has 0 aromatic heterocycles. The zero-order chi connectivity index (χ0) is 15.1. The van der Waals surface area contributed by atoms with E-state index in [1.807, 2.05) is 42.5 Å². The van der Waals surface area contributed by atoms with Crippen LogP contribution in [0, 0.1) is 0 Å². The zero-order valence-corrected chi connectivity index (χ0v) is 12.1. The van der Waals surface area contributed by atoms with Crippen LogP contribution in [0.1, 0.15) is 37.7 Å². The number of likely N-dealkylation sites (tertiary alicyclic amines) is 1. The number of carbonyl (C=O) groups is 2. The first-order valence-electron chi connectivity index (χ1n) is 7.42. The van der Waals surface area contributed by atoms with Gasteiger partial charge in [0.15, 0.2) is 0 Å². The first kappa shape index (κ1) is 15.3. The Bertz CT molecular complexity index is 510.